The number of halogens is 2. The molecule has 0 heterocycles. The van der Waals surface area contributed by atoms with Crippen LogP contribution in [-0.4, -0.2) is 11.0 Å². The summed E-state index contributed by atoms with van der Waals surface area (Å²) in [6.45, 7) is 0. The van der Waals surface area contributed by atoms with E-state index in [1.54, 1.807) is 0 Å². The third kappa shape index (κ3) is 26.2. The molecule has 0 bridgehead atoms. The van der Waals surface area contributed by atoms with Gasteiger partial charge in [0.15, 0.2) is 0 Å². The normalized spacial score (nSPS) is 0. The smallest absolute Gasteiger partial charge is 0.870 e. The molecule has 0 aliphatic heterocycles. The van der Waals surface area contributed by atoms with Crippen molar-refractivity contribution in [1.82, 2.24) is 0 Å². The second kappa shape index (κ2) is 39.7. The first-order valence-corrected chi connectivity index (χ1v) is 0. The van der Waals surface area contributed by atoms with E-state index in [0.717, 1.165) is 0 Å². The third-order valence-corrected chi connectivity index (χ3v) is 0. The van der Waals surface area contributed by atoms with Crippen LogP contribution in [0.5, 0.6) is 0 Å². The Morgan fingerprint density at radius 2 is 0.667 bits per heavy atom. The summed E-state index contributed by atoms with van der Waals surface area (Å²) in [5, 5.41) is 0. The van der Waals surface area contributed by atoms with E-state index >= 15 is 0 Å². The standard InChI is InChI=1S/ClH.FH.2K.2H2O/h2*1H;;;2*1H2/q;;2*+1;;/p-2. The number of hydrogen-bond donors (Lipinski definition) is 0. The first-order valence-electron chi connectivity index (χ1n) is 0. The van der Waals surface area contributed by atoms with E-state index < -0.39 is 0 Å². The van der Waals surface area contributed by atoms with Crippen LogP contribution in [0.1, 0.15) is 0 Å². The topological polar surface area (TPSA) is 60.0 Å². The van der Waals surface area contributed by atoms with Gasteiger partial charge in [-0.3, -0.25) is 4.70 Å². The number of hydrogen-bond acceptors (Lipinski definition) is 2. The van der Waals surface area contributed by atoms with Crippen molar-refractivity contribution in [2.24, 2.45) is 0 Å². The Hall–Kier alpha value is 3.41. The zero-order valence-electron chi connectivity index (χ0n) is 3.71. The van der Waals surface area contributed by atoms with E-state index in [2.05, 4.69) is 0 Å². The van der Waals surface area contributed by atoms with Crippen molar-refractivity contribution in [3.63, 3.8) is 0 Å². The first kappa shape index (κ1) is 57.2. The first-order chi connectivity index (χ1) is 0. The Morgan fingerprint density at radius 1 is 0.667 bits per heavy atom. The summed E-state index contributed by atoms with van der Waals surface area (Å²) in [5.74, 6) is 0. The van der Waals surface area contributed by atoms with Crippen molar-refractivity contribution < 1.29 is 118 Å². The van der Waals surface area contributed by atoms with Crippen molar-refractivity contribution in [2.75, 3.05) is 0 Å². The fourth-order valence-corrected chi connectivity index (χ4v) is 0. The van der Waals surface area contributed by atoms with Crippen LogP contribution in [0.2, 0.25) is 0 Å². The molecule has 6 heavy (non-hydrogen) atoms. The molecule has 6 heteroatoms. The quantitative estimate of drug-likeness (QED) is 0.339. The molecule has 0 aliphatic rings. The molecule has 32 valence electrons. The molecule has 0 aliphatic carbocycles. The average Bonchev–Trinajstić information content (AvgIpc) is 0. The van der Waals surface area contributed by atoms with Gasteiger partial charge in [-0.2, -0.15) is 0 Å². The maximum Gasteiger partial charge on any atom is 1.00 e. The van der Waals surface area contributed by atoms with E-state index in [4.69, 9.17) is 0 Å². The predicted molar refractivity (Wildman–Crippen MR) is 13.6 cm³/mol. The molecule has 0 saturated carbocycles. The zero-order valence-corrected chi connectivity index (χ0v) is 10.8. The SMILES string of the molecule is Cl.F.[K+].[K+].[OH-].[OH-]. The summed E-state index contributed by atoms with van der Waals surface area (Å²) >= 11 is 0. The molecule has 0 aromatic rings. The molecule has 2 nitrogen and oxygen atoms in total. The third-order valence-electron chi connectivity index (χ3n) is 0. The maximum absolute atomic E-state index is 0. The molecular weight excluding hydrogens is 165 g/mol. The molecule has 0 spiro atoms. The summed E-state index contributed by atoms with van der Waals surface area (Å²) in [4.78, 5) is 0. The van der Waals surface area contributed by atoms with Gasteiger partial charge < -0.3 is 11.0 Å². The Balaban J connectivity index is 0. The molecule has 0 rings (SSSR count). The van der Waals surface area contributed by atoms with E-state index in [-0.39, 0.29) is 131 Å². The minimum Gasteiger partial charge on any atom is -0.870 e. The Labute approximate surface area is 127 Å². The van der Waals surface area contributed by atoms with Gasteiger partial charge in [-0.15, -0.1) is 12.4 Å². The van der Waals surface area contributed by atoms with E-state index in [1.165, 1.54) is 0 Å². The van der Waals surface area contributed by atoms with Crippen LogP contribution in [-0.2, 0) is 0 Å². The van der Waals surface area contributed by atoms with Gasteiger partial charge in [-0.25, -0.2) is 0 Å². The molecule has 0 aromatic carbocycles. The van der Waals surface area contributed by atoms with Gasteiger partial charge in [0.1, 0.15) is 0 Å². The maximum atomic E-state index is 0. The molecule has 2 N–H and O–H groups in total. The van der Waals surface area contributed by atoms with Crippen molar-refractivity contribution >= 4 is 12.4 Å². The number of rotatable bonds is 0. The molecule has 0 fully saturated rings. The molecular formula is H4ClFK2O2. The van der Waals surface area contributed by atoms with Crippen LogP contribution in [0.3, 0.4) is 0 Å². The fourth-order valence-electron chi connectivity index (χ4n) is 0. The van der Waals surface area contributed by atoms with Gasteiger partial charge in [0.25, 0.3) is 0 Å². The van der Waals surface area contributed by atoms with Gasteiger partial charge >= 0.3 is 103 Å². The summed E-state index contributed by atoms with van der Waals surface area (Å²) in [6.07, 6.45) is 0. The Bertz CT molecular complexity index is 11.5. The van der Waals surface area contributed by atoms with Crippen molar-refractivity contribution in [2.45, 2.75) is 0 Å². The molecule has 0 aromatic heterocycles. The van der Waals surface area contributed by atoms with Crippen LogP contribution in [0.15, 0.2) is 0 Å². The zero-order chi connectivity index (χ0) is 0. The van der Waals surface area contributed by atoms with Gasteiger partial charge in [0.05, 0.1) is 0 Å². The van der Waals surface area contributed by atoms with Crippen LogP contribution in [0.25, 0.3) is 0 Å². The molecule has 0 unspecified atom stereocenters. The van der Waals surface area contributed by atoms with Crippen molar-refractivity contribution in [1.29, 1.82) is 0 Å². The van der Waals surface area contributed by atoms with Gasteiger partial charge in [-0.05, 0) is 0 Å². The summed E-state index contributed by atoms with van der Waals surface area (Å²) in [7, 11) is 0. The average molecular weight is 169 g/mol. The molecule has 0 saturated heterocycles. The second-order valence-electron chi connectivity index (χ2n) is 0. The summed E-state index contributed by atoms with van der Waals surface area (Å²) in [5.41, 5.74) is 0. The summed E-state index contributed by atoms with van der Waals surface area (Å²) < 4.78 is 0. The minimum atomic E-state index is 0. The second-order valence-corrected chi connectivity index (χ2v) is 0. The minimum absolute atomic E-state index is 0. The fraction of sp³-hybridized carbons (Fsp3) is 0. The van der Waals surface area contributed by atoms with Crippen molar-refractivity contribution in [3.8, 4) is 0 Å². The van der Waals surface area contributed by atoms with Gasteiger partial charge in [-0.1, -0.05) is 0 Å². The van der Waals surface area contributed by atoms with Crippen LogP contribution in [0.4, 0.5) is 4.70 Å². The van der Waals surface area contributed by atoms with E-state index in [1.807, 2.05) is 0 Å². The van der Waals surface area contributed by atoms with Crippen LogP contribution < -0.4 is 103 Å². The predicted octanol–water partition coefficient (Wildman–Crippen LogP) is -5.77. The van der Waals surface area contributed by atoms with Crippen LogP contribution >= 0.6 is 12.4 Å². The molecule has 0 radical (unpaired) electrons. The largest absolute Gasteiger partial charge is 1.00 e. The van der Waals surface area contributed by atoms with Gasteiger partial charge in [0, 0.05) is 0 Å². The summed E-state index contributed by atoms with van der Waals surface area (Å²) in [6, 6.07) is 0. The van der Waals surface area contributed by atoms with Gasteiger partial charge in [0.2, 0.25) is 0 Å². The van der Waals surface area contributed by atoms with Crippen LogP contribution in [0, 0.1) is 0 Å². The Kier molecular flexibility index (Phi) is 378. The Morgan fingerprint density at radius 3 is 0.667 bits per heavy atom. The van der Waals surface area contributed by atoms with E-state index in [0.29, 0.717) is 0 Å². The van der Waals surface area contributed by atoms with E-state index in [9.17, 15) is 0 Å². The van der Waals surface area contributed by atoms with Crippen molar-refractivity contribution in [3.05, 3.63) is 0 Å². The molecule has 0 atom stereocenters. The molecule has 0 amide bonds. The monoisotopic (exact) mass is 168 g/mol.